The van der Waals surface area contributed by atoms with Crippen LogP contribution in [-0.2, 0) is 17.6 Å². The van der Waals surface area contributed by atoms with E-state index in [1.807, 2.05) is 25.1 Å². The molecule has 0 spiro atoms. The molecule has 28 heavy (non-hydrogen) atoms. The van der Waals surface area contributed by atoms with Crippen LogP contribution in [0.4, 0.5) is 5.13 Å². The Morgan fingerprint density at radius 3 is 2.71 bits per heavy atom. The van der Waals surface area contributed by atoms with Crippen molar-refractivity contribution in [2.75, 3.05) is 5.32 Å². The van der Waals surface area contributed by atoms with Crippen LogP contribution >= 0.6 is 11.3 Å². The lowest BCUT2D eigenvalue weighted by molar-refractivity contribution is -0.121. The fourth-order valence-electron chi connectivity index (χ4n) is 2.82. The van der Waals surface area contributed by atoms with E-state index in [0.29, 0.717) is 22.1 Å². The summed E-state index contributed by atoms with van der Waals surface area (Å²) >= 11 is 1.30. The first-order chi connectivity index (χ1) is 13.5. The molecular weight excluding hydrogens is 374 g/mol. The zero-order valence-corrected chi connectivity index (χ0v) is 16.7. The first-order valence-corrected chi connectivity index (χ1v) is 10.0. The minimum Gasteiger partial charge on any atom is -0.469 e. The summed E-state index contributed by atoms with van der Waals surface area (Å²) in [7, 11) is 0. The number of carbonyl (C=O) groups excluding carboxylic acids is 2. The van der Waals surface area contributed by atoms with Crippen LogP contribution in [0.25, 0.3) is 0 Å². The predicted octanol–water partition coefficient (Wildman–Crippen LogP) is 3.98. The lowest BCUT2D eigenvalue weighted by Crippen LogP contribution is -2.34. The summed E-state index contributed by atoms with van der Waals surface area (Å²) in [5, 5.41) is 7.99. The van der Waals surface area contributed by atoms with Crippen molar-refractivity contribution in [3.05, 3.63) is 70.6 Å². The van der Waals surface area contributed by atoms with E-state index in [-0.39, 0.29) is 24.3 Å². The van der Waals surface area contributed by atoms with Crippen LogP contribution in [0.5, 0.6) is 0 Å². The normalized spacial score (nSPS) is 11.8. The van der Waals surface area contributed by atoms with Gasteiger partial charge in [0.15, 0.2) is 5.13 Å². The molecule has 0 saturated carbocycles. The number of carbonyl (C=O) groups is 2. The molecule has 146 valence electrons. The molecule has 2 aromatic heterocycles. The summed E-state index contributed by atoms with van der Waals surface area (Å²) in [4.78, 5) is 28.8. The zero-order chi connectivity index (χ0) is 19.9. The maximum atomic E-state index is 12.3. The minimum absolute atomic E-state index is 0.0746. The van der Waals surface area contributed by atoms with Crippen molar-refractivity contribution in [2.45, 2.75) is 39.2 Å². The average Bonchev–Trinajstić information content (AvgIpc) is 3.29. The second kappa shape index (κ2) is 9.32. The van der Waals surface area contributed by atoms with Gasteiger partial charge in [0.1, 0.15) is 5.76 Å². The number of furan rings is 1. The van der Waals surface area contributed by atoms with Gasteiger partial charge in [0, 0.05) is 11.4 Å². The Labute approximate surface area is 168 Å². The number of thiazole rings is 1. The monoisotopic (exact) mass is 397 g/mol. The highest BCUT2D eigenvalue weighted by atomic mass is 32.1. The first-order valence-electron chi connectivity index (χ1n) is 9.14. The first kappa shape index (κ1) is 19.8. The van der Waals surface area contributed by atoms with E-state index >= 15 is 0 Å². The Hall–Kier alpha value is -2.93. The van der Waals surface area contributed by atoms with Crippen molar-refractivity contribution < 1.29 is 14.0 Å². The third kappa shape index (κ3) is 5.53. The van der Waals surface area contributed by atoms with Crippen molar-refractivity contribution in [3.63, 3.8) is 0 Å². The Bertz CT molecular complexity index is 933. The maximum absolute atomic E-state index is 12.3. The van der Waals surface area contributed by atoms with Crippen LogP contribution in [-0.4, -0.2) is 22.8 Å². The van der Waals surface area contributed by atoms with E-state index in [2.05, 4.69) is 27.8 Å². The summed E-state index contributed by atoms with van der Waals surface area (Å²) in [6.07, 6.45) is 3.45. The van der Waals surface area contributed by atoms with Gasteiger partial charge in [-0.1, -0.05) is 30.3 Å². The molecule has 2 heterocycles. The largest absolute Gasteiger partial charge is 0.469 e. The fraction of sp³-hybridized carbons (Fsp3) is 0.286. The highest BCUT2D eigenvalue weighted by Gasteiger charge is 2.15. The molecule has 0 aliphatic carbocycles. The SMILES string of the molecule is Cc1occc1C(=O)Nc1nc(CC(=O)N[C@@H](C)CCc2ccccc2)cs1. The summed E-state index contributed by atoms with van der Waals surface area (Å²) in [6, 6.07) is 11.9. The van der Waals surface area contributed by atoms with Gasteiger partial charge in [0.25, 0.3) is 5.91 Å². The number of hydrogen-bond donors (Lipinski definition) is 2. The number of aromatic nitrogens is 1. The quantitative estimate of drug-likeness (QED) is 0.602. The van der Waals surface area contributed by atoms with Gasteiger partial charge in [-0.25, -0.2) is 4.98 Å². The Kier molecular flexibility index (Phi) is 6.60. The number of aryl methyl sites for hydroxylation is 2. The summed E-state index contributed by atoms with van der Waals surface area (Å²) in [6.45, 7) is 3.73. The van der Waals surface area contributed by atoms with E-state index in [0.717, 1.165) is 12.8 Å². The van der Waals surface area contributed by atoms with Crippen molar-refractivity contribution >= 4 is 28.3 Å². The number of nitrogens with zero attached hydrogens (tertiary/aromatic N) is 1. The van der Waals surface area contributed by atoms with Gasteiger partial charge in [-0.15, -0.1) is 11.3 Å². The van der Waals surface area contributed by atoms with Gasteiger partial charge >= 0.3 is 0 Å². The van der Waals surface area contributed by atoms with Crippen molar-refractivity contribution in [1.29, 1.82) is 0 Å². The smallest absolute Gasteiger partial charge is 0.260 e. The number of nitrogens with one attached hydrogen (secondary N) is 2. The third-order valence-electron chi connectivity index (χ3n) is 4.33. The second-order valence-corrected chi connectivity index (χ2v) is 7.52. The van der Waals surface area contributed by atoms with Crippen molar-refractivity contribution in [1.82, 2.24) is 10.3 Å². The van der Waals surface area contributed by atoms with Crippen LogP contribution in [0.2, 0.25) is 0 Å². The standard InChI is InChI=1S/C21H23N3O3S/c1-14(8-9-16-6-4-3-5-7-16)22-19(25)12-17-13-28-21(23-17)24-20(26)18-10-11-27-15(18)2/h3-7,10-11,13-14H,8-9,12H2,1-2H3,(H,22,25)(H,23,24,26)/t14-/m0/s1. The molecule has 7 heteroatoms. The average molecular weight is 398 g/mol. The van der Waals surface area contributed by atoms with Crippen molar-refractivity contribution in [2.24, 2.45) is 0 Å². The molecule has 3 rings (SSSR count). The van der Waals surface area contributed by atoms with E-state index in [1.54, 1.807) is 18.4 Å². The number of rotatable bonds is 8. The van der Waals surface area contributed by atoms with E-state index in [9.17, 15) is 9.59 Å². The number of amides is 2. The number of anilines is 1. The third-order valence-corrected chi connectivity index (χ3v) is 5.14. The van der Waals surface area contributed by atoms with Crippen LogP contribution < -0.4 is 10.6 Å². The second-order valence-electron chi connectivity index (χ2n) is 6.66. The molecule has 0 aliphatic heterocycles. The Balaban J connectivity index is 1.45. The molecule has 0 radical (unpaired) electrons. The van der Waals surface area contributed by atoms with Crippen LogP contribution in [0.15, 0.2) is 52.5 Å². The molecule has 0 saturated heterocycles. The minimum atomic E-state index is -0.272. The number of benzene rings is 1. The Morgan fingerprint density at radius 1 is 1.21 bits per heavy atom. The molecule has 0 bridgehead atoms. The molecular formula is C21H23N3O3S. The Morgan fingerprint density at radius 2 is 2.00 bits per heavy atom. The lowest BCUT2D eigenvalue weighted by atomic mass is 10.1. The van der Waals surface area contributed by atoms with Gasteiger partial charge in [0.05, 0.1) is 23.9 Å². The summed E-state index contributed by atoms with van der Waals surface area (Å²) in [5.41, 5.74) is 2.37. The molecule has 6 nitrogen and oxygen atoms in total. The molecule has 3 aromatic rings. The van der Waals surface area contributed by atoms with Gasteiger partial charge < -0.3 is 9.73 Å². The van der Waals surface area contributed by atoms with Crippen LogP contribution in [0.3, 0.4) is 0 Å². The highest BCUT2D eigenvalue weighted by Crippen LogP contribution is 2.18. The van der Waals surface area contributed by atoms with Crippen LogP contribution in [0.1, 0.15) is 40.7 Å². The topological polar surface area (TPSA) is 84.2 Å². The molecule has 1 atom stereocenters. The van der Waals surface area contributed by atoms with Gasteiger partial charge in [-0.3, -0.25) is 14.9 Å². The predicted molar refractivity (Wildman–Crippen MR) is 110 cm³/mol. The highest BCUT2D eigenvalue weighted by molar-refractivity contribution is 7.14. The number of hydrogen-bond acceptors (Lipinski definition) is 5. The summed E-state index contributed by atoms with van der Waals surface area (Å²) < 4.78 is 5.14. The molecule has 2 amide bonds. The van der Waals surface area contributed by atoms with E-state index in [1.165, 1.54) is 23.2 Å². The molecule has 0 unspecified atom stereocenters. The molecule has 0 aliphatic rings. The van der Waals surface area contributed by atoms with Gasteiger partial charge in [0.2, 0.25) is 5.91 Å². The maximum Gasteiger partial charge on any atom is 0.260 e. The van der Waals surface area contributed by atoms with Gasteiger partial charge in [-0.2, -0.15) is 0 Å². The van der Waals surface area contributed by atoms with Gasteiger partial charge in [-0.05, 0) is 38.3 Å². The molecule has 2 N–H and O–H groups in total. The van der Waals surface area contributed by atoms with Crippen LogP contribution in [0, 0.1) is 6.92 Å². The molecule has 0 fully saturated rings. The zero-order valence-electron chi connectivity index (χ0n) is 15.9. The molecule has 1 aromatic carbocycles. The van der Waals surface area contributed by atoms with E-state index < -0.39 is 0 Å². The fourth-order valence-corrected chi connectivity index (χ4v) is 3.53. The van der Waals surface area contributed by atoms with E-state index in [4.69, 9.17) is 4.42 Å². The summed E-state index contributed by atoms with van der Waals surface area (Å²) in [5.74, 6) is 0.207. The lowest BCUT2D eigenvalue weighted by Gasteiger charge is -2.13. The van der Waals surface area contributed by atoms with Crippen molar-refractivity contribution in [3.8, 4) is 0 Å².